The molecule has 0 nitrogen and oxygen atoms in total. The molecule has 0 heterocycles. The van der Waals surface area contributed by atoms with Crippen molar-refractivity contribution in [2.75, 3.05) is 0 Å². The number of benzene rings is 1. The molecule has 1 aromatic rings. The summed E-state index contributed by atoms with van der Waals surface area (Å²) in [7, 11) is 0. The quantitative estimate of drug-likeness (QED) is 0.659. The lowest BCUT2D eigenvalue weighted by Gasteiger charge is -2.57. The standard InChI is InChI=1S/C16H18I/c17-15-4-2-1-3-14(15)16-8-11-5-12(9-16)7-13(6-11)10-16/h2-4,11-13H,5-10H2. The Morgan fingerprint density at radius 1 is 1.06 bits per heavy atom. The highest BCUT2D eigenvalue weighted by atomic mass is 127. The SMILES string of the molecule is Ic1cc[c]cc1C12CC3CC(CC(C3)C1)C2. The van der Waals surface area contributed by atoms with Crippen molar-refractivity contribution < 1.29 is 0 Å². The molecule has 4 saturated carbocycles. The number of rotatable bonds is 1. The summed E-state index contributed by atoms with van der Waals surface area (Å²) in [5.41, 5.74) is 2.17. The molecule has 0 spiro atoms. The van der Waals surface area contributed by atoms with Gasteiger partial charge in [-0.05, 0) is 108 Å². The molecule has 0 aromatic heterocycles. The first-order chi connectivity index (χ1) is 8.25. The third-order valence-corrected chi connectivity index (χ3v) is 6.36. The topological polar surface area (TPSA) is 0 Å². The summed E-state index contributed by atoms with van der Waals surface area (Å²) in [5, 5.41) is 0. The zero-order valence-electron chi connectivity index (χ0n) is 10.1. The Morgan fingerprint density at radius 2 is 1.65 bits per heavy atom. The van der Waals surface area contributed by atoms with Crippen molar-refractivity contribution in [3.63, 3.8) is 0 Å². The van der Waals surface area contributed by atoms with E-state index in [4.69, 9.17) is 0 Å². The van der Waals surface area contributed by atoms with Gasteiger partial charge in [0.25, 0.3) is 0 Å². The lowest BCUT2D eigenvalue weighted by molar-refractivity contribution is -0.00557. The zero-order valence-corrected chi connectivity index (χ0v) is 12.2. The average Bonchev–Trinajstić information content (AvgIpc) is 2.27. The van der Waals surface area contributed by atoms with Crippen molar-refractivity contribution in [1.82, 2.24) is 0 Å². The van der Waals surface area contributed by atoms with Crippen LogP contribution in [0.3, 0.4) is 0 Å². The fourth-order valence-corrected chi connectivity index (χ4v) is 6.17. The average molecular weight is 337 g/mol. The molecular formula is C16H18I. The highest BCUT2D eigenvalue weighted by molar-refractivity contribution is 14.1. The van der Waals surface area contributed by atoms with E-state index in [0.717, 1.165) is 17.8 Å². The maximum atomic E-state index is 3.32. The van der Waals surface area contributed by atoms with E-state index >= 15 is 0 Å². The van der Waals surface area contributed by atoms with Crippen molar-refractivity contribution >= 4 is 22.6 Å². The summed E-state index contributed by atoms with van der Waals surface area (Å²) in [5.74, 6) is 3.12. The van der Waals surface area contributed by atoms with E-state index < -0.39 is 0 Å². The van der Waals surface area contributed by atoms with Crippen LogP contribution in [0.25, 0.3) is 0 Å². The minimum atomic E-state index is 0.545. The highest BCUT2D eigenvalue weighted by Gasteiger charge is 2.51. The predicted octanol–water partition coefficient (Wildman–Crippen LogP) is 4.56. The van der Waals surface area contributed by atoms with Crippen LogP contribution >= 0.6 is 22.6 Å². The van der Waals surface area contributed by atoms with Gasteiger partial charge in [-0.15, -0.1) is 0 Å². The number of hydrogen-bond acceptors (Lipinski definition) is 0. The molecule has 0 aliphatic heterocycles. The van der Waals surface area contributed by atoms with Gasteiger partial charge in [-0.25, -0.2) is 0 Å². The molecule has 0 amide bonds. The van der Waals surface area contributed by atoms with Crippen LogP contribution in [-0.2, 0) is 5.41 Å². The first-order valence-electron chi connectivity index (χ1n) is 6.91. The third kappa shape index (κ3) is 1.61. The second-order valence-electron chi connectivity index (χ2n) is 6.60. The van der Waals surface area contributed by atoms with Crippen LogP contribution in [0.1, 0.15) is 44.1 Å². The summed E-state index contributed by atoms with van der Waals surface area (Å²) >= 11 is 2.53. The molecule has 0 N–H and O–H groups in total. The van der Waals surface area contributed by atoms with Crippen LogP contribution in [0.4, 0.5) is 0 Å². The van der Waals surface area contributed by atoms with E-state index in [2.05, 4.69) is 46.9 Å². The second-order valence-corrected chi connectivity index (χ2v) is 7.77. The van der Waals surface area contributed by atoms with Crippen LogP contribution in [0.2, 0.25) is 0 Å². The van der Waals surface area contributed by atoms with Gasteiger partial charge >= 0.3 is 0 Å². The summed E-state index contributed by atoms with van der Waals surface area (Å²) in [6, 6.07) is 9.91. The van der Waals surface area contributed by atoms with Crippen LogP contribution in [0, 0.1) is 27.4 Å². The number of halogens is 1. The molecule has 4 bridgehead atoms. The minimum absolute atomic E-state index is 0.545. The van der Waals surface area contributed by atoms with Crippen LogP contribution in [0.15, 0.2) is 18.2 Å². The van der Waals surface area contributed by atoms with Crippen molar-refractivity contribution in [1.29, 1.82) is 0 Å². The van der Waals surface area contributed by atoms with Crippen molar-refractivity contribution in [3.05, 3.63) is 33.4 Å². The molecule has 0 unspecified atom stereocenters. The van der Waals surface area contributed by atoms with Gasteiger partial charge in [0.15, 0.2) is 0 Å². The highest BCUT2D eigenvalue weighted by Crippen LogP contribution is 2.61. The van der Waals surface area contributed by atoms with Gasteiger partial charge in [0, 0.05) is 3.57 Å². The van der Waals surface area contributed by atoms with E-state index in [9.17, 15) is 0 Å². The summed E-state index contributed by atoms with van der Waals surface area (Å²) in [6.45, 7) is 0. The van der Waals surface area contributed by atoms with Crippen LogP contribution in [-0.4, -0.2) is 0 Å². The molecular weight excluding hydrogens is 319 g/mol. The third-order valence-electron chi connectivity index (χ3n) is 5.42. The molecule has 0 saturated heterocycles. The van der Waals surface area contributed by atoms with Gasteiger partial charge in [0.05, 0.1) is 0 Å². The van der Waals surface area contributed by atoms with Crippen LogP contribution in [0.5, 0.6) is 0 Å². The van der Waals surface area contributed by atoms with E-state index in [1.807, 2.05) is 0 Å². The Labute approximate surface area is 117 Å². The van der Waals surface area contributed by atoms with Gasteiger partial charge in [0.1, 0.15) is 0 Å². The smallest absolute Gasteiger partial charge is 0.0168 e. The molecule has 17 heavy (non-hydrogen) atoms. The first kappa shape index (κ1) is 10.8. The Morgan fingerprint density at radius 3 is 2.18 bits per heavy atom. The van der Waals surface area contributed by atoms with Gasteiger partial charge in [-0.2, -0.15) is 0 Å². The molecule has 5 rings (SSSR count). The molecule has 1 heteroatoms. The maximum Gasteiger partial charge on any atom is 0.0168 e. The first-order valence-corrected chi connectivity index (χ1v) is 7.99. The normalized spacial score (nSPS) is 43.0. The molecule has 1 aromatic carbocycles. The van der Waals surface area contributed by atoms with E-state index in [-0.39, 0.29) is 0 Å². The van der Waals surface area contributed by atoms with E-state index in [1.165, 1.54) is 42.1 Å². The fourth-order valence-electron chi connectivity index (χ4n) is 5.26. The fraction of sp³-hybridized carbons (Fsp3) is 0.625. The molecule has 89 valence electrons. The Balaban J connectivity index is 1.80. The lowest BCUT2D eigenvalue weighted by atomic mass is 9.48. The molecule has 0 atom stereocenters. The molecule has 1 radical (unpaired) electrons. The number of hydrogen-bond donors (Lipinski definition) is 0. The van der Waals surface area contributed by atoms with E-state index in [0.29, 0.717) is 5.41 Å². The minimum Gasteiger partial charge on any atom is -0.0533 e. The van der Waals surface area contributed by atoms with Gasteiger partial charge in [-0.3, -0.25) is 0 Å². The second kappa shape index (κ2) is 3.72. The maximum absolute atomic E-state index is 3.32. The Hall–Kier alpha value is -0.0500. The largest absolute Gasteiger partial charge is 0.0533 e. The summed E-state index contributed by atoms with van der Waals surface area (Å²) in [6.07, 6.45) is 9.00. The molecule has 4 aliphatic carbocycles. The zero-order chi connectivity index (χ0) is 11.5. The monoisotopic (exact) mass is 337 g/mol. The van der Waals surface area contributed by atoms with Gasteiger partial charge in [-0.1, -0.05) is 6.07 Å². The van der Waals surface area contributed by atoms with Crippen molar-refractivity contribution in [2.24, 2.45) is 17.8 Å². The van der Waals surface area contributed by atoms with Crippen molar-refractivity contribution in [3.8, 4) is 0 Å². The van der Waals surface area contributed by atoms with Gasteiger partial charge in [0.2, 0.25) is 0 Å². The Kier molecular flexibility index (Phi) is 2.37. The van der Waals surface area contributed by atoms with Gasteiger partial charge < -0.3 is 0 Å². The Bertz CT molecular complexity index is 413. The van der Waals surface area contributed by atoms with Crippen molar-refractivity contribution in [2.45, 2.75) is 43.9 Å². The molecule has 4 fully saturated rings. The van der Waals surface area contributed by atoms with E-state index in [1.54, 1.807) is 5.56 Å². The lowest BCUT2D eigenvalue weighted by Crippen LogP contribution is -2.48. The molecule has 4 aliphatic rings. The predicted molar refractivity (Wildman–Crippen MR) is 77.8 cm³/mol. The summed E-state index contributed by atoms with van der Waals surface area (Å²) in [4.78, 5) is 0. The summed E-state index contributed by atoms with van der Waals surface area (Å²) < 4.78 is 1.48. The van der Waals surface area contributed by atoms with Crippen LogP contribution < -0.4 is 0 Å².